The van der Waals surface area contributed by atoms with E-state index in [0.29, 0.717) is 16.9 Å². The van der Waals surface area contributed by atoms with Crippen molar-refractivity contribution in [1.29, 1.82) is 0 Å². The van der Waals surface area contributed by atoms with Crippen LogP contribution in [0.4, 0.5) is 0 Å². The monoisotopic (exact) mass is 362 g/mol. The third-order valence-electron chi connectivity index (χ3n) is 3.70. The van der Waals surface area contributed by atoms with Gasteiger partial charge in [0.2, 0.25) is 0 Å². The van der Waals surface area contributed by atoms with Gasteiger partial charge in [-0.1, -0.05) is 38.1 Å². The molecule has 0 amide bonds. The summed E-state index contributed by atoms with van der Waals surface area (Å²) in [6.07, 6.45) is 0. The van der Waals surface area contributed by atoms with Crippen LogP contribution in [0.3, 0.4) is 0 Å². The molecule has 0 bridgehead atoms. The van der Waals surface area contributed by atoms with E-state index in [0.717, 1.165) is 11.1 Å². The maximum Gasteiger partial charge on any atom is 0.337 e. The summed E-state index contributed by atoms with van der Waals surface area (Å²) in [6.45, 7) is 5.83. The van der Waals surface area contributed by atoms with Crippen molar-refractivity contribution in [1.82, 2.24) is 0 Å². The normalized spacial score (nSPS) is 11.4. The second-order valence-corrected chi connectivity index (χ2v) is 7.74. The van der Waals surface area contributed by atoms with Gasteiger partial charge in [0.15, 0.2) is 0 Å². The van der Waals surface area contributed by atoms with E-state index >= 15 is 0 Å². The average molecular weight is 362 g/mol. The first-order chi connectivity index (χ1) is 11.7. The van der Waals surface area contributed by atoms with Crippen LogP contribution in [0.5, 0.6) is 5.75 Å². The van der Waals surface area contributed by atoms with Crippen LogP contribution in [0, 0.1) is 6.92 Å². The number of ether oxygens (including phenoxy) is 1. The highest BCUT2D eigenvalue weighted by Gasteiger charge is 2.19. The number of rotatable bonds is 6. The third-order valence-corrected chi connectivity index (χ3v) is 4.82. The number of aryl methyl sites for hydroxylation is 1. The maximum absolute atomic E-state index is 12.5. The zero-order chi connectivity index (χ0) is 18.6. The molecule has 0 aliphatic heterocycles. The van der Waals surface area contributed by atoms with E-state index in [1.807, 2.05) is 32.9 Å². The van der Waals surface area contributed by atoms with Crippen LogP contribution in [0.25, 0.3) is 0 Å². The van der Waals surface area contributed by atoms with Crippen molar-refractivity contribution in [3.8, 4) is 5.75 Å². The lowest BCUT2D eigenvalue weighted by Gasteiger charge is -2.14. The molecular weight excluding hydrogens is 340 g/mol. The van der Waals surface area contributed by atoms with Crippen LogP contribution >= 0.6 is 0 Å². The van der Waals surface area contributed by atoms with Gasteiger partial charge in [-0.3, -0.25) is 0 Å². The van der Waals surface area contributed by atoms with Crippen LogP contribution in [0.1, 0.15) is 46.8 Å². The molecule has 5 nitrogen and oxygen atoms in total. The predicted octanol–water partition coefficient (Wildman–Crippen LogP) is 3.81. The van der Waals surface area contributed by atoms with E-state index < -0.39 is 16.1 Å². The fraction of sp³-hybridized carbons (Fsp3) is 0.316. The highest BCUT2D eigenvalue weighted by atomic mass is 32.2. The van der Waals surface area contributed by atoms with Crippen molar-refractivity contribution in [3.63, 3.8) is 0 Å². The summed E-state index contributed by atoms with van der Waals surface area (Å²) < 4.78 is 34.9. The lowest BCUT2D eigenvalue weighted by molar-refractivity contribution is 0.0600. The minimum Gasteiger partial charge on any atom is -0.465 e. The van der Waals surface area contributed by atoms with Gasteiger partial charge in [0, 0.05) is 0 Å². The van der Waals surface area contributed by atoms with Crippen molar-refractivity contribution in [3.05, 3.63) is 64.7 Å². The van der Waals surface area contributed by atoms with E-state index in [1.165, 1.54) is 13.2 Å². The van der Waals surface area contributed by atoms with Crippen LogP contribution in [-0.4, -0.2) is 21.5 Å². The fourth-order valence-corrected chi connectivity index (χ4v) is 3.53. The number of carbonyl (C=O) groups excluding carboxylic acids is 1. The Bertz CT molecular complexity index is 869. The van der Waals surface area contributed by atoms with Gasteiger partial charge < -0.3 is 8.92 Å². The summed E-state index contributed by atoms with van der Waals surface area (Å²) in [6, 6.07) is 11.8. The Kier molecular flexibility index (Phi) is 5.85. The first-order valence-electron chi connectivity index (χ1n) is 7.92. The molecule has 134 valence electrons. The molecule has 0 unspecified atom stereocenters. The van der Waals surface area contributed by atoms with E-state index in [-0.39, 0.29) is 11.7 Å². The summed E-state index contributed by atoms with van der Waals surface area (Å²) in [7, 11) is -2.58. The quantitative estimate of drug-likeness (QED) is 0.577. The predicted molar refractivity (Wildman–Crippen MR) is 96.3 cm³/mol. The fourth-order valence-electron chi connectivity index (χ4n) is 2.47. The Labute approximate surface area is 148 Å². The van der Waals surface area contributed by atoms with Crippen molar-refractivity contribution in [2.45, 2.75) is 32.4 Å². The Hall–Kier alpha value is -2.34. The standard InChI is InChI=1S/C19H22O5S/c1-13(2)17-9-8-14(3)10-18(17)24-25(21,22)12-15-6-5-7-16(11-15)19(20)23-4/h5-11,13H,12H2,1-4H3. The Morgan fingerprint density at radius 2 is 1.84 bits per heavy atom. The molecule has 2 rings (SSSR count). The SMILES string of the molecule is COC(=O)c1cccc(CS(=O)(=O)Oc2cc(C)ccc2C(C)C)c1. The van der Waals surface area contributed by atoms with Crippen molar-refractivity contribution in [2.24, 2.45) is 0 Å². The molecule has 0 radical (unpaired) electrons. The molecule has 0 atom stereocenters. The molecule has 2 aromatic carbocycles. The second-order valence-electron chi connectivity index (χ2n) is 6.17. The molecule has 6 heteroatoms. The van der Waals surface area contributed by atoms with Crippen molar-refractivity contribution < 1.29 is 22.1 Å². The van der Waals surface area contributed by atoms with Gasteiger partial charge in [0.25, 0.3) is 0 Å². The highest BCUT2D eigenvalue weighted by Crippen LogP contribution is 2.29. The smallest absolute Gasteiger partial charge is 0.337 e. The van der Waals surface area contributed by atoms with Gasteiger partial charge >= 0.3 is 16.1 Å². The molecule has 0 aliphatic carbocycles. The van der Waals surface area contributed by atoms with Gasteiger partial charge in [-0.05, 0) is 47.7 Å². The number of esters is 1. The summed E-state index contributed by atoms with van der Waals surface area (Å²) >= 11 is 0. The second kappa shape index (κ2) is 7.70. The van der Waals surface area contributed by atoms with Crippen LogP contribution < -0.4 is 4.18 Å². The first-order valence-corrected chi connectivity index (χ1v) is 9.49. The number of hydrogen-bond acceptors (Lipinski definition) is 5. The molecule has 2 aromatic rings. The zero-order valence-corrected chi connectivity index (χ0v) is 15.6. The molecule has 0 aromatic heterocycles. The minimum atomic E-state index is -3.86. The summed E-state index contributed by atoms with van der Waals surface area (Å²) in [4.78, 5) is 11.6. The number of carbonyl (C=O) groups is 1. The van der Waals surface area contributed by atoms with E-state index in [4.69, 9.17) is 4.18 Å². The number of benzene rings is 2. The molecular formula is C19H22O5S. The average Bonchev–Trinajstić information content (AvgIpc) is 2.53. The molecule has 0 saturated carbocycles. The van der Waals surface area contributed by atoms with Crippen LogP contribution in [-0.2, 0) is 20.6 Å². The topological polar surface area (TPSA) is 69.7 Å². The van der Waals surface area contributed by atoms with Gasteiger partial charge in [-0.15, -0.1) is 0 Å². The van der Waals surface area contributed by atoms with Gasteiger partial charge in [0.05, 0.1) is 12.7 Å². The number of methoxy groups -OCH3 is 1. The molecule has 0 spiro atoms. The highest BCUT2D eigenvalue weighted by molar-refractivity contribution is 7.86. The molecule has 0 N–H and O–H groups in total. The van der Waals surface area contributed by atoms with Crippen LogP contribution in [0.15, 0.2) is 42.5 Å². The zero-order valence-electron chi connectivity index (χ0n) is 14.8. The lowest BCUT2D eigenvalue weighted by atomic mass is 10.0. The largest absolute Gasteiger partial charge is 0.465 e. The van der Waals surface area contributed by atoms with Crippen molar-refractivity contribution >= 4 is 16.1 Å². The maximum atomic E-state index is 12.5. The van der Waals surface area contributed by atoms with E-state index in [2.05, 4.69) is 4.74 Å². The lowest BCUT2D eigenvalue weighted by Crippen LogP contribution is -2.14. The molecule has 0 saturated heterocycles. The number of hydrogen-bond donors (Lipinski definition) is 0. The van der Waals surface area contributed by atoms with Crippen molar-refractivity contribution in [2.75, 3.05) is 7.11 Å². The molecule has 0 fully saturated rings. The summed E-state index contributed by atoms with van der Waals surface area (Å²) in [5, 5.41) is 0. The molecule has 25 heavy (non-hydrogen) atoms. The molecule has 0 heterocycles. The van der Waals surface area contributed by atoms with Gasteiger partial charge in [-0.25, -0.2) is 4.79 Å². The minimum absolute atomic E-state index is 0.133. The van der Waals surface area contributed by atoms with Crippen LogP contribution in [0.2, 0.25) is 0 Å². The van der Waals surface area contributed by atoms with E-state index in [1.54, 1.807) is 24.3 Å². The first kappa shape index (κ1) is 19.0. The Morgan fingerprint density at radius 3 is 2.48 bits per heavy atom. The van der Waals surface area contributed by atoms with Gasteiger partial charge in [0.1, 0.15) is 11.5 Å². The Balaban J connectivity index is 2.26. The Morgan fingerprint density at radius 1 is 1.12 bits per heavy atom. The third kappa shape index (κ3) is 5.06. The van der Waals surface area contributed by atoms with E-state index in [9.17, 15) is 13.2 Å². The van der Waals surface area contributed by atoms with Gasteiger partial charge in [-0.2, -0.15) is 8.42 Å². The summed E-state index contributed by atoms with van der Waals surface area (Å²) in [5.74, 6) is -0.364. The summed E-state index contributed by atoms with van der Waals surface area (Å²) in [5.41, 5.74) is 2.51. The molecule has 0 aliphatic rings.